The van der Waals surface area contributed by atoms with Gasteiger partial charge >= 0.3 is 6.09 Å². The lowest BCUT2D eigenvalue weighted by molar-refractivity contribution is 0.144. The number of methoxy groups -OCH3 is 1. The third kappa shape index (κ3) is 4.01. The molecule has 0 saturated carbocycles. The quantitative estimate of drug-likeness (QED) is 0.638. The number of carbonyl (C=O) groups excluding carboxylic acids is 1. The van der Waals surface area contributed by atoms with Crippen LogP contribution in [0.2, 0.25) is 0 Å². The van der Waals surface area contributed by atoms with E-state index in [1.165, 1.54) is 22.3 Å². The number of hydrogen-bond donors (Lipinski definition) is 1. The molecule has 0 spiro atoms. The Balaban J connectivity index is 1.33. The Kier molecular flexibility index (Phi) is 5.72. The molecule has 0 heterocycles. The van der Waals surface area contributed by atoms with Gasteiger partial charge in [0.2, 0.25) is 0 Å². The van der Waals surface area contributed by atoms with Crippen LogP contribution in [-0.2, 0) is 4.74 Å². The molecule has 0 bridgehead atoms. The molecule has 1 N–H and O–H groups in total. The summed E-state index contributed by atoms with van der Waals surface area (Å²) in [6.45, 7) is 2.49. The zero-order chi connectivity index (χ0) is 20.9. The van der Waals surface area contributed by atoms with Crippen molar-refractivity contribution in [2.45, 2.75) is 12.8 Å². The zero-order valence-electron chi connectivity index (χ0n) is 17.1. The molecule has 4 nitrogen and oxygen atoms in total. The molecule has 0 atom stereocenters. The number of amides is 1. The van der Waals surface area contributed by atoms with E-state index in [-0.39, 0.29) is 12.5 Å². The molecule has 30 heavy (non-hydrogen) atoms. The van der Waals surface area contributed by atoms with Crippen LogP contribution in [0, 0.1) is 18.8 Å². The second kappa shape index (κ2) is 8.75. The van der Waals surface area contributed by atoms with Crippen LogP contribution in [0.15, 0.2) is 66.7 Å². The molecule has 4 rings (SSSR count). The predicted octanol–water partition coefficient (Wildman–Crippen LogP) is 4.89. The fraction of sp³-hybridized carbons (Fsp3) is 0.192. The largest absolute Gasteiger partial charge is 0.496 e. The summed E-state index contributed by atoms with van der Waals surface area (Å²) in [6, 6.07) is 22.3. The van der Waals surface area contributed by atoms with E-state index in [1.54, 1.807) is 7.11 Å². The highest BCUT2D eigenvalue weighted by Crippen LogP contribution is 2.44. The summed E-state index contributed by atoms with van der Waals surface area (Å²) in [5, 5.41) is 2.70. The van der Waals surface area contributed by atoms with Crippen LogP contribution in [0.4, 0.5) is 4.79 Å². The molecule has 3 aromatic rings. The van der Waals surface area contributed by atoms with Gasteiger partial charge in [-0.2, -0.15) is 0 Å². The van der Waals surface area contributed by atoms with Crippen LogP contribution in [0.5, 0.6) is 5.75 Å². The van der Waals surface area contributed by atoms with Crippen LogP contribution < -0.4 is 10.1 Å². The van der Waals surface area contributed by atoms with Crippen molar-refractivity contribution in [3.05, 3.63) is 89.0 Å². The van der Waals surface area contributed by atoms with Gasteiger partial charge < -0.3 is 14.8 Å². The molecule has 0 saturated heterocycles. The van der Waals surface area contributed by atoms with E-state index in [4.69, 9.17) is 9.47 Å². The van der Waals surface area contributed by atoms with Crippen molar-refractivity contribution >= 4 is 6.09 Å². The minimum absolute atomic E-state index is 0.0523. The maximum Gasteiger partial charge on any atom is 0.407 e. The normalized spacial score (nSPS) is 11.7. The van der Waals surface area contributed by atoms with Gasteiger partial charge in [-0.15, -0.1) is 0 Å². The van der Waals surface area contributed by atoms with Gasteiger partial charge in [0.05, 0.1) is 13.7 Å². The molecule has 0 radical (unpaired) electrons. The number of alkyl carbamates (subject to hydrolysis) is 1. The summed E-state index contributed by atoms with van der Waals surface area (Å²) < 4.78 is 10.8. The van der Waals surface area contributed by atoms with Crippen LogP contribution in [0.1, 0.15) is 28.2 Å². The number of rotatable bonds is 4. The first-order valence-electron chi connectivity index (χ1n) is 9.89. The molecule has 0 aromatic heterocycles. The summed E-state index contributed by atoms with van der Waals surface area (Å²) >= 11 is 0. The van der Waals surface area contributed by atoms with Crippen molar-refractivity contribution < 1.29 is 14.3 Å². The highest BCUT2D eigenvalue weighted by molar-refractivity contribution is 5.79. The Bertz CT molecular complexity index is 1090. The van der Waals surface area contributed by atoms with Crippen LogP contribution >= 0.6 is 0 Å². The van der Waals surface area contributed by atoms with E-state index in [0.29, 0.717) is 6.61 Å². The van der Waals surface area contributed by atoms with Gasteiger partial charge in [-0.1, -0.05) is 60.4 Å². The van der Waals surface area contributed by atoms with Crippen molar-refractivity contribution in [1.82, 2.24) is 5.32 Å². The number of hydrogen-bond acceptors (Lipinski definition) is 3. The van der Waals surface area contributed by atoms with Gasteiger partial charge in [0, 0.05) is 11.5 Å². The Morgan fingerprint density at radius 1 is 1.00 bits per heavy atom. The lowest BCUT2D eigenvalue weighted by Crippen LogP contribution is -2.26. The fourth-order valence-corrected chi connectivity index (χ4v) is 3.87. The molecule has 4 heteroatoms. The highest BCUT2D eigenvalue weighted by Gasteiger charge is 2.28. The van der Waals surface area contributed by atoms with Gasteiger partial charge in [-0.25, -0.2) is 4.79 Å². The predicted molar refractivity (Wildman–Crippen MR) is 118 cm³/mol. The Hall–Kier alpha value is -3.71. The van der Waals surface area contributed by atoms with Crippen molar-refractivity contribution in [3.8, 4) is 28.7 Å². The fourth-order valence-electron chi connectivity index (χ4n) is 3.87. The van der Waals surface area contributed by atoms with E-state index in [2.05, 4.69) is 41.4 Å². The SMILES string of the molecule is COc1ccc(C#CCNC(=O)OCC2c3ccccc3-c3ccccc32)cc1C. The van der Waals surface area contributed by atoms with E-state index < -0.39 is 6.09 Å². The van der Waals surface area contributed by atoms with Gasteiger partial charge in [-0.3, -0.25) is 0 Å². The standard InChI is InChI=1S/C26H23NO3/c1-18-16-19(13-14-25(18)29-2)8-7-15-27-26(28)30-17-24-22-11-5-3-9-20(22)21-10-4-6-12-23(21)24/h3-6,9-14,16,24H,15,17H2,1-2H3,(H,27,28). The minimum Gasteiger partial charge on any atom is -0.496 e. The average molecular weight is 397 g/mol. The van der Waals surface area contributed by atoms with Crippen molar-refractivity contribution in [2.24, 2.45) is 0 Å². The van der Waals surface area contributed by atoms with Gasteiger partial charge in [0.25, 0.3) is 0 Å². The number of ether oxygens (including phenoxy) is 2. The summed E-state index contributed by atoms with van der Waals surface area (Å²) in [7, 11) is 1.64. The lowest BCUT2D eigenvalue weighted by atomic mass is 9.98. The molecule has 0 aliphatic heterocycles. The molecule has 1 aliphatic carbocycles. The van der Waals surface area contributed by atoms with E-state index in [0.717, 1.165) is 16.9 Å². The molecule has 150 valence electrons. The minimum atomic E-state index is -0.461. The van der Waals surface area contributed by atoms with Crippen LogP contribution in [0.3, 0.4) is 0 Å². The summed E-state index contributed by atoms with van der Waals surface area (Å²) in [4.78, 5) is 12.2. The van der Waals surface area contributed by atoms with E-state index >= 15 is 0 Å². The van der Waals surface area contributed by atoms with Gasteiger partial charge in [0.1, 0.15) is 12.4 Å². The monoisotopic (exact) mass is 397 g/mol. The van der Waals surface area contributed by atoms with E-state index in [1.807, 2.05) is 49.4 Å². The average Bonchev–Trinajstić information content (AvgIpc) is 3.09. The van der Waals surface area contributed by atoms with Gasteiger partial charge in [0.15, 0.2) is 0 Å². The number of carbonyl (C=O) groups is 1. The first-order chi connectivity index (χ1) is 14.7. The smallest absolute Gasteiger partial charge is 0.407 e. The molecule has 1 aliphatic rings. The first-order valence-corrected chi connectivity index (χ1v) is 9.89. The summed E-state index contributed by atoms with van der Waals surface area (Å²) in [6.07, 6.45) is -0.461. The third-order valence-electron chi connectivity index (χ3n) is 5.29. The maximum absolute atomic E-state index is 12.2. The molecular weight excluding hydrogens is 374 g/mol. The molecule has 3 aromatic carbocycles. The Morgan fingerprint density at radius 3 is 2.30 bits per heavy atom. The van der Waals surface area contributed by atoms with Crippen molar-refractivity contribution in [2.75, 3.05) is 20.3 Å². The highest BCUT2D eigenvalue weighted by atomic mass is 16.5. The van der Waals surface area contributed by atoms with Crippen molar-refractivity contribution in [3.63, 3.8) is 0 Å². The van der Waals surface area contributed by atoms with Crippen LogP contribution in [-0.4, -0.2) is 26.4 Å². The molecular formula is C26H23NO3. The summed E-state index contributed by atoms with van der Waals surface area (Å²) in [5.41, 5.74) is 6.71. The number of aryl methyl sites for hydroxylation is 1. The topological polar surface area (TPSA) is 47.6 Å². The third-order valence-corrected chi connectivity index (χ3v) is 5.29. The lowest BCUT2D eigenvalue weighted by Gasteiger charge is -2.14. The van der Waals surface area contributed by atoms with Crippen LogP contribution in [0.25, 0.3) is 11.1 Å². The summed E-state index contributed by atoms with van der Waals surface area (Å²) in [5.74, 6) is 6.88. The Labute approximate surface area is 176 Å². The molecule has 1 amide bonds. The van der Waals surface area contributed by atoms with Gasteiger partial charge in [-0.05, 0) is 52.9 Å². The molecule has 0 fully saturated rings. The number of benzene rings is 3. The number of nitrogens with one attached hydrogen (secondary N) is 1. The van der Waals surface area contributed by atoms with Crippen molar-refractivity contribution in [1.29, 1.82) is 0 Å². The maximum atomic E-state index is 12.2. The Morgan fingerprint density at radius 2 is 1.67 bits per heavy atom. The number of fused-ring (bicyclic) bond motifs is 3. The first kappa shape index (κ1) is 19.6. The second-order valence-corrected chi connectivity index (χ2v) is 7.17. The zero-order valence-corrected chi connectivity index (χ0v) is 17.1. The molecule has 0 unspecified atom stereocenters. The van der Waals surface area contributed by atoms with E-state index in [9.17, 15) is 4.79 Å². The second-order valence-electron chi connectivity index (χ2n) is 7.17.